The average molecular weight is 357 g/mol. The van der Waals surface area contributed by atoms with E-state index in [1.54, 1.807) is 0 Å². The largest absolute Gasteiger partial charge is 0.507 e. The van der Waals surface area contributed by atoms with E-state index in [9.17, 15) is 10.2 Å². The Bertz CT molecular complexity index is 710. The second kappa shape index (κ2) is 8.56. The molecule has 0 saturated heterocycles. The topological polar surface area (TPSA) is 46.9 Å². The summed E-state index contributed by atoms with van der Waals surface area (Å²) in [6.07, 6.45) is 0. The Morgan fingerprint density at radius 1 is 0.692 bits per heavy atom. The van der Waals surface area contributed by atoms with Crippen LogP contribution in [0.2, 0.25) is 0 Å². The predicted molar refractivity (Wildman–Crippen MR) is 108 cm³/mol. The van der Waals surface area contributed by atoms with Gasteiger partial charge in [0.25, 0.3) is 0 Å². The van der Waals surface area contributed by atoms with Crippen LogP contribution in [0.5, 0.6) is 11.5 Å². The summed E-state index contributed by atoms with van der Waals surface area (Å²) >= 11 is 0. The summed E-state index contributed by atoms with van der Waals surface area (Å²) in [6, 6.07) is 8.12. The van der Waals surface area contributed by atoms with E-state index in [1.165, 1.54) is 0 Å². The Labute approximate surface area is 157 Å². The van der Waals surface area contributed by atoms with Crippen molar-refractivity contribution in [3.8, 4) is 11.5 Å². The number of hydrogen-bond donors (Lipinski definition) is 2. The number of phenolic OH excluding ortho intramolecular Hbond substituents is 2. The summed E-state index contributed by atoms with van der Waals surface area (Å²) in [5.74, 6) is 0.758. The molecule has 0 saturated carbocycles. The third-order valence-electron chi connectivity index (χ3n) is 5.22. The first-order valence-electron chi connectivity index (χ1n) is 9.14. The standard InChI is InChI=1S/C22H32N2O2/c1-15-7-9-19(21(25)17(15)3)13-24(12-11-23(5)6)14-20-10-8-16(2)18(4)22(20)26/h7-10,25-26H,11-14H2,1-6H3. The number of likely N-dealkylation sites (N-methyl/N-ethyl adjacent to an activating group) is 1. The van der Waals surface area contributed by atoms with E-state index in [1.807, 2.05) is 39.8 Å². The second-order valence-electron chi connectivity index (χ2n) is 7.54. The fraction of sp³-hybridized carbons (Fsp3) is 0.455. The van der Waals surface area contributed by atoms with Crippen LogP contribution in [-0.4, -0.2) is 47.2 Å². The molecule has 2 aromatic rings. The van der Waals surface area contributed by atoms with Gasteiger partial charge in [0, 0.05) is 37.3 Å². The molecule has 0 spiro atoms. The van der Waals surface area contributed by atoms with Crippen LogP contribution in [-0.2, 0) is 13.1 Å². The van der Waals surface area contributed by atoms with Gasteiger partial charge in [-0.15, -0.1) is 0 Å². The number of hydrogen-bond acceptors (Lipinski definition) is 4. The summed E-state index contributed by atoms with van der Waals surface area (Å²) in [5.41, 5.74) is 5.91. The quantitative estimate of drug-likeness (QED) is 0.790. The van der Waals surface area contributed by atoms with E-state index in [4.69, 9.17) is 0 Å². The van der Waals surface area contributed by atoms with Gasteiger partial charge in [-0.2, -0.15) is 0 Å². The molecule has 2 rings (SSSR count). The van der Waals surface area contributed by atoms with Crippen LogP contribution in [0.25, 0.3) is 0 Å². The zero-order valence-electron chi connectivity index (χ0n) is 16.9. The van der Waals surface area contributed by atoms with Gasteiger partial charge in [-0.05, 0) is 64.0 Å². The molecule has 0 bridgehead atoms. The molecular weight excluding hydrogens is 324 g/mol. The van der Waals surface area contributed by atoms with E-state index in [0.29, 0.717) is 24.6 Å². The first-order valence-corrected chi connectivity index (χ1v) is 9.14. The van der Waals surface area contributed by atoms with Crippen LogP contribution in [0.1, 0.15) is 33.4 Å². The number of aromatic hydroxyl groups is 2. The lowest BCUT2D eigenvalue weighted by molar-refractivity contribution is 0.221. The van der Waals surface area contributed by atoms with E-state index >= 15 is 0 Å². The fourth-order valence-corrected chi connectivity index (χ4v) is 3.01. The first kappa shape index (κ1) is 20.3. The van der Waals surface area contributed by atoms with Crippen molar-refractivity contribution in [2.75, 3.05) is 27.2 Å². The highest BCUT2D eigenvalue weighted by Crippen LogP contribution is 2.29. The van der Waals surface area contributed by atoms with E-state index in [-0.39, 0.29) is 0 Å². The van der Waals surface area contributed by atoms with E-state index in [2.05, 4.69) is 36.0 Å². The van der Waals surface area contributed by atoms with Crippen LogP contribution in [0.3, 0.4) is 0 Å². The smallest absolute Gasteiger partial charge is 0.123 e. The molecule has 4 nitrogen and oxygen atoms in total. The lowest BCUT2D eigenvalue weighted by Gasteiger charge is -2.26. The maximum atomic E-state index is 10.5. The molecule has 0 aliphatic rings. The Morgan fingerprint density at radius 3 is 1.50 bits per heavy atom. The summed E-state index contributed by atoms with van der Waals surface area (Å²) in [6.45, 7) is 11.0. The van der Waals surface area contributed by atoms with Crippen molar-refractivity contribution in [3.05, 3.63) is 57.6 Å². The van der Waals surface area contributed by atoms with Gasteiger partial charge < -0.3 is 15.1 Å². The SMILES string of the molecule is Cc1ccc(CN(CCN(C)C)Cc2ccc(C)c(C)c2O)c(O)c1C. The van der Waals surface area contributed by atoms with Crippen molar-refractivity contribution < 1.29 is 10.2 Å². The molecule has 0 radical (unpaired) electrons. The molecule has 0 unspecified atom stereocenters. The molecule has 0 aliphatic carbocycles. The van der Waals surface area contributed by atoms with Gasteiger partial charge in [0.2, 0.25) is 0 Å². The predicted octanol–water partition coefficient (Wildman–Crippen LogP) is 3.90. The van der Waals surface area contributed by atoms with Crippen molar-refractivity contribution in [3.63, 3.8) is 0 Å². The lowest BCUT2D eigenvalue weighted by Crippen LogP contribution is -2.31. The summed E-state index contributed by atoms with van der Waals surface area (Å²) in [4.78, 5) is 4.42. The summed E-state index contributed by atoms with van der Waals surface area (Å²) in [7, 11) is 4.11. The molecule has 2 aromatic carbocycles. The molecule has 26 heavy (non-hydrogen) atoms. The monoisotopic (exact) mass is 356 g/mol. The van der Waals surface area contributed by atoms with Crippen molar-refractivity contribution in [1.29, 1.82) is 0 Å². The molecule has 2 N–H and O–H groups in total. The maximum absolute atomic E-state index is 10.5. The van der Waals surface area contributed by atoms with Crippen molar-refractivity contribution >= 4 is 0 Å². The lowest BCUT2D eigenvalue weighted by atomic mass is 10.0. The van der Waals surface area contributed by atoms with Gasteiger partial charge in [0.05, 0.1) is 0 Å². The molecule has 4 heteroatoms. The van der Waals surface area contributed by atoms with E-state index in [0.717, 1.165) is 46.5 Å². The first-order chi connectivity index (χ1) is 12.2. The van der Waals surface area contributed by atoms with Gasteiger partial charge in [0.15, 0.2) is 0 Å². The van der Waals surface area contributed by atoms with Crippen LogP contribution in [0, 0.1) is 27.7 Å². The second-order valence-corrected chi connectivity index (χ2v) is 7.54. The summed E-state index contributed by atoms with van der Waals surface area (Å²) in [5, 5.41) is 21.0. The third-order valence-corrected chi connectivity index (χ3v) is 5.22. The highest BCUT2D eigenvalue weighted by atomic mass is 16.3. The van der Waals surface area contributed by atoms with Gasteiger partial charge in [-0.25, -0.2) is 0 Å². The third kappa shape index (κ3) is 4.77. The molecular formula is C22H32N2O2. The Kier molecular flexibility index (Phi) is 6.68. The fourth-order valence-electron chi connectivity index (χ4n) is 3.01. The Hall–Kier alpha value is -2.04. The highest BCUT2D eigenvalue weighted by Gasteiger charge is 2.15. The van der Waals surface area contributed by atoms with Crippen molar-refractivity contribution in [1.82, 2.24) is 9.80 Å². The highest BCUT2D eigenvalue weighted by molar-refractivity contribution is 5.45. The van der Waals surface area contributed by atoms with Gasteiger partial charge in [-0.1, -0.05) is 24.3 Å². The zero-order chi connectivity index (χ0) is 19.4. The van der Waals surface area contributed by atoms with Gasteiger partial charge in [0.1, 0.15) is 11.5 Å². The van der Waals surface area contributed by atoms with Crippen molar-refractivity contribution in [2.24, 2.45) is 0 Å². The molecule has 0 fully saturated rings. The number of rotatable bonds is 7. The molecule has 0 heterocycles. The van der Waals surface area contributed by atoms with Gasteiger partial charge in [-0.3, -0.25) is 4.90 Å². The normalized spacial score (nSPS) is 11.5. The number of nitrogens with zero attached hydrogens (tertiary/aromatic N) is 2. The number of aryl methyl sites for hydroxylation is 2. The van der Waals surface area contributed by atoms with E-state index < -0.39 is 0 Å². The summed E-state index contributed by atoms with van der Waals surface area (Å²) < 4.78 is 0. The molecule has 0 aromatic heterocycles. The minimum Gasteiger partial charge on any atom is -0.507 e. The molecule has 0 amide bonds. The van der Waals surface area contributed by atoms with Gasteiger partial charge >= 0.3 is 0 Å². The van der Waals surface area contributed by atoms with Crippen LogP contribution in [0.4, 0.5) is 0 Å². The zero-order valence-corrected chi connectivity index (χ0v) is 16.9. The Balaban J connectivity index is 2.27. The van der Waals surface area contributed by atoms with Crippen molar-refractivity contribution in [2.45, 2.75) is 40.8 Å². The number of phenols is 2. The number of benzene rings is 2. The maximum Gasteiger partial charge on any atom is 0.123 e. The molecule has 0 atom stereocenters. The molecule has 142 valence electrons. The molecule has 0 aliphatic heterocycles. The minimum absolute atomic E-state index is 0.379. The minimum atomic E-state index is 0.379. The Morgan fingerprint density at radius 2 is 1.12 bits per heavy atom. The van der Waals surface area contributed by atoms with Crippen LogP contribution < -0.4 is 0 Å². The van der Waals surface area contributed by atoms with Crippen LogP contribution in [0.15, 0.2) is 24.3 Å². The average Bonchev–Trinajstić information content (AvgIpc) is 2.60. The van der Waals surface area contributed by atoms with Crippen LogP contribution >= 0.6 is 0 Å².